The number of nitrogens with zero attached hydrogens (tertiary/aromatic N) is 3. The molecule has 0 amide bonds. The van der Waals surface area contributed by atoms with Gasteiger partial charge in [0.1, 0.15) is 11.4 Å². The van der Waals surface area contributed by atoms with Crippen LogP contribution in [0.3, 0.4) is 0 Å². The van der Waals surface area contributed by atoms with E-state index >= 15 is 0 Å². The Morgan fingerprint density at radius 2 is 1.93 bits per heavy atom. The Balaban J connectivity index is 1.70. The third-order valence-corrected chi connectivity index (χ3v) is 9.16. The molecule has 7 heteroatoms. The molecule has 0 bridgehead atoms. The molecular weight excluding hydrogens is 398 g/mol. The molecular formula is C23H31N3O3S. The highest BCUT2D eigenvalue weighted by Gasteiger charge is 2.47. The Labute approximate surface area is 179 Å². The molecule has 6 nitrogen and oxygen atoms in total. The smallest absolute Gasteiger partial charge is 0.267 e. The van der Waals surface area contributed by atoms with Gasteiger partial charge in [0.2, 0.25) is 5.96 Å². The van der Waals surface area contributed by atoms with Gasteiger partial charge in [0.25, 0.3) is 10.0 Å². The average Bonchev–Trinajstić information content (AvgIpc) is 3.27. The third-order valence-electron chi connectivity index (χ3n) is 7.11. The number of sulfonamides is 1. The van der Waals surface area contributed by atoms with Gasteiger partial charge in [-0.15, -0.1) is 0 Å². The molecule has 0 radical (unpaired) electrons. The zero-order chi connectivity index (χ0) is 21.4. The molecule has 3 heterocycles. The first-order chi connectivity index (χ1) is 14.1. The molecule has 1 saturated heterocycles. The number of ether oxygens (including phenoxy) is 1. The minimum atomic E-state index is -3.78. The number of benzene rings is 1. The van der Waals surface area contributed by atoms with E-state index in [0.29, 0.717) is 17.4 Å². The second kappa shape index (κ2) is 6.49. The predicted molar refractivity (Wildman–Crippen MR) is 118 cm³/mol. The van der Waals surface area contributed by atoms with Crippen molar-refractivity contribution in [2.45, 2.75) is 70.4 Å². The van der Waals surface area contributed by atoms with Gasteiger partial charge in [0.15, 0.2) is 0 Å². The third kappa shape index (κ3) is 2.74. The first-order valence-corrected chi connectivity index (χ1v) is 12.4. The molecule has 3 aliphatic heterocycles. The molecule has 1 aromatic rings. The van der Waals surface area contributed by atoms with Crippen LogP contribution in [-0.4, -0.2) is 54.9 Å². The van der Waals surface area contributed by atoms with Gasteiger partial charge in [-0.3, -0.25) is 4.99 Å². The number of hydrogen-bond donors (Lipinski definition) is 0. The maximum absolute atomic E-state index is 14.3. The fourth-order valence-electron chi connectivity index (χ4n) is 5.58. The standard InChI is InChI=1S/C23H31N3O3S/c1-14-15(2)21(16(3)18-12-23(4,5)29-20(14)18)30(27,28)26-19-9-6-8-17(19)13-25-11-7-10-24-22(25)26/h6,9,17,19H,7-8,10-13H2,1-5H3/t17-,19-/m0/s1. The lowest BCUT2D eigenvalue weighted by molar-refractivity contribution is 0.137. The van der Waals surface area contributed by atoms with Crippen molar-refractivity contribution in [3.8, 4) is 5.75 Å². The van der Waals surface area contributed by atoms with Gasteiger partial charge in [-0.2, -0.15) is 0 Å². The summed E-state index contributed by atoms with van der Waals surface area (Å²) in [5.41, 5.74) is 3.25. The number of guanidine groups is 1. The van der Waals surface area contributed by atoms with Gasteiger partial charge in [-0.1, -0.05) is 12.2 Å². The lowest BCUT2D eigenvalue weighted by atomic mass is 9.94. The Hall–Kier alpha value is -2.02. The number of fused-ring (bicyclic) bond motifs is 3. The van der Waals surface area contributed by atoms with Crippen LogP contribution in [0, 0.1) is 26.7 Å². The van der Waals surface area contributed by atoms with E-state index in [-0.39, 0.29) is 17.6 Å². The second-order valence-electron chi connectivity index (χ2n) is 9.75. The van der Waals surface area contributed by atoms with Crippen LogP contribution >= 0.6 is 0 Å². The largest absolute Gasteiger partial charge is 0.487 e. The highest BCUT2D eigenvalue weighted by Crippen LogP contribution is 2.45. The fourth-order valence-corrected chi connectivity index (χ4v) is 7.78. The minimum absolute atomic E-state index is 0.150. The summed E-state index contributed by atoms with van der Waals surface area (Å²) in [5, 5.41) is 0. The van der Waals surface area contributed by atoms with Crippen LogP contribution in [0.25, 0.3) is 0 Å². The Kier molecular flexibility index (Phi) is 4.31. The van der Waals surface area contributed by atoms with E-state index in [4.69, 9.17) is 9.73 Å². The number of hydrogen-bond acceptors (Lipinski definition) is 5. The summed E-state index contributed by atoms with van der Waals surface area (Å²) < 4.78 is 36.4. The van der Waals surface area contributed by atoms with E-state index in [9.17, 15) is 8.42 Å². The zero-order valence-corrected chi connectivity index (χ0v) is 19.3. The lowest BCUT2D eigenvalue weighted by Gasteiger charge is -2.46. The first kappa shape index (κ1) is 19.9. The maximum atomic E-state index is 14.3. The highest BCUT2D eigenvalue weighted by atomic mass is 32.2. The van der Waals surface area contributed by atoms with E-state index < -0.39 is 10.0 Å². The number of aliphatic imine (C=N–C) groups is 1. The molecule has 0 saturated carbocycles. The topological polar surface area (TPSA) is 62.2 Å². The van der Waals surface area contributed by atoms with Gasteiger partial charge < -0.3 is 9.64 Å². The van der Waals surface area contributed by atoms with Gasteiger partial charge >= 0.3 is 0 Å². The van der Waals surface area contributed by atoms with Crippen molar-refractivity contribution >= 4 is 16.0 Å². The molecule has 1 aromatic carbocycles. The van der Waals surface area contributed by atoms with Crippen molar-refractivity contribution < 1.29 is 13.2 Å². The van der Waals surface area contributed by atoms with E-state index in [2.05, 4.69) is 30.9 Å². The van der Waals surface area contributed by atoms with Crippen LogP contribution in [0.1, 0.15) is 48.9 Å². The van der Waals surface area contributed by atoms with Crippen LogP contribution in [0.15, 0.2) is 22.0 Å². The van der Waals surface area contributed by atoms with Crippen LogP contribution in [0.4, 0.5) is 0 Å². The van der Waals surface area contributed by atoms with Crippen LogP contribution in [0.2, 0.25) is 0 Å². The molecule has 1 fully saturated rings. The van der Waals surface area contributed by atoms with Crippen molar-refractivity contribution in [3.63, 3.8) is 0 Å². The van der Waals surface area contributed by atoms with Crippen molar-refractivity contribution in [3.05, 3.63) is 34.4 Å². The number of rotatable bonds is 2. The highest BCUT2D eigenvalue weighted by molar-refractivity contribution is 7.89. The fraction of sp³-hybridized carbons (Fsp3) is 0.609. The van der Waals surface area contributed by atoms with Crippen molar-refractivity contribution in [1.29, 1.82) is 0 Å². The van der Waals surface area contributed by atoms with E-state index in [1.165, 1.54) is 0 Å². The summed E-state index contributed by atoms with van der Waals surface area (Å²) in [7, 11) is -3.78. The summed E-state index contributed by atoms with van der Waals surface area (Å²) in [6, 6.07) is -0.150. The van der Waals surface area contributed by atoms with Crippen LogP contribution in [0.5, 0.6) is 5.75 Å². The Bertz CT molecular complexity index is 1090. The normalized spacial score (nSPS) is 26.8. The average molecular weight is 430 g/mol. The summed E-state index contributed by atoms with van der Waals surface area (Å²) in [5.74, 6) is 1.78. The monoisotopic (exact) mass is 429 g/mol. The van der Waals surface area contributed by atoms with Crippen molar-refractivity contribution in [2.75, 3.05) is 19.6 Å². The molecule has 0 unspecified atom stereocenters. The predicted octanol–water partition coefficient (Wildman–Crippen LogP) is 3.34. The maximum Gasteiger partial charge on any atom is 0.267 e. The van der Waals surface area contributed by atoms with Gasteiger partial charge in [0.05, 0.1) is 10.9 Å². The van der Waals surface area contributed by atoms with Crippen LogP contribution < -0.4 is 4.74 Å². The molecule has 0 aromatic heterocycles. The molecule has 0 spiro atoms. The second-order valence-corrected chi connectivity index (χ2v) is 11.5. The Morgan fingerprint density at radius 1 is 1.17 bits per heavy atom. The van der Waals surface area contributed by atoms with Crippen molar-refractivity contribution in [1.82, 2.24) is 9.21 Å². The zero-order valence-electron chi connectivity index (χ0n) is 18.5. The van der Waals surface area contributed by atoms with Gasteiger partial charge in [-0.25, -0.2) is 12.7 Å². The van der Waals surface area contributed by atoms with Crippen LogP contribution in [-0.2, 0) is 16.4 Å². The quantitative estimate of drug-likeness (QED) is 0.677. The Morgan fingerprint density at radius 3 is 2.70 bits per heavy atom. The summed E-state index contributed by atoms with van der Waals surface area (Å²) in [4.78, 5) is 7.31. The van der Waals surface area contributed by atoms with Gasteiger partial charge in [0, 0.05) is 37.5 Å². The molecule has 162 valence electrons. The lowest BCUT2D eigenvalue weighted by Crippen LogP contribution is -2.61. The van der Waals surface area contributed by atoms with E-state index in [1.54, 1.807) is 4.31 Å². The van der Waals surface area contributed by atoms with Gasteiger partial charge in [-0.05, 0) is 64.2 Å². The molecule has 2 atom stereocenters. The molecule has 30 heavy (non-hydrogen) atoms. The van der Waals surface area contributed by atoms with E-state index in [1.807, 2.05) is 20.8 Å². The minimum Gasteiger partial charge on any atom is -0.487 e. The molecule has 5 rings (SSSR count). The van der Waals surface area contributed by atoms with E-state index in [0.717, 1.165) is 60.4 Å². The molecule has 0 N–H and O–H groups in total. The van der Waals surface area contributed by atoms with Crippen molar-refractivity contribution in [2.24, 2.45) is 10.9 Å². The SMILES string of the molecule is Cc1c(C)c(S(=O)(=O)N2C3=NCCCN3C[C@@H]3CC=C[C@@H]32)c(C)c2c1OC(C)(C)C2. The summed E-state index contributed by atoms with van der Waals surface area (Å²) in [6.45, 7) is 12.4. The summed E-state index contributed by atoms with van der Waals surface area (Å²) >= 11 is 0. The molecule has 4 aliphatic rings. The number of allylic oxidation sites excluding steroid dienone is 1. The first-order valence-electron chi connectivity index (χ1n) is 10.9. The summed E-state index contributed by atoms with van der Waals surface area (Å²) in [6.07, 6.45) is 6.81. The molecule has 1 aliphatic carbocycles.